The Balaban J connectivity index is 1.42. The third-order valence-corrected chi connectivity index (χ3v) is 6.34. The van der Waals surface area contributed by atoms with Gasteiger partial charge in [0, 0.05) is 44.3 Å². The van der Waals surface area contributed by atoms with Gasteiger partial charge in [-0.05, 0) is 70.6 Å². The van der Waals surface area contributed by atoms with Crippen LogP contribution in [0.5, 0.6) is 0 Å². The fraction of sp³-hybridized carbons (Fsp3) is 0.652. The summed E-state index contributed by atoms with van der Waals surface area (Å²) < 4.78 is 5.48. The summed E-state index contributed by atoms with van der Waals surface area (Å²) in [6.45, 7) is 9.47. The normalized spacial score (nSPS) is 20.5. The highest BCUT2D eigenvalue weighted by molar-refractivity contribution is 6.00. The van der Waals surface area contributed by atoms with Gasteiger partial charge in [-0.1, -0.05) is 0 Å². The highest BCUT2D eigenvalue weighted by Crippen LogP contribution is 2.36. The molecule has 2 amide bonds. The van der Waals surface area contributed by atoms with Crippen LogP contribution in [0.3, 0.4) is 0 Å². The topological polar surface area (TPSA) is 79.1 Å². The number of likely N-dealkylation sites (tertiary alicyclic amines) is 1. The van der Waals surface area contributed by atoms with Gasteiger partial charge in [-0.2, -0.15) is 0 Å². The first kappa shape index (κ1) is 20.8. The van der Waals surface area contributed by atoms with Gasteiger partial charge in [0.1, 0.15) is 5.60 Å². The molecule has 7 nitrogen and oxygen atoms in total. The minimum absolute atomic E-state index is 0.0963. The molecule has 0 aromatic heterocycles. The van der Waals surface area contributed by atoms with Crippen LogP contribution >= 0.6 is 0 Å². The van der Waals surface area contributed by atoms with Gasteiger partial charge in [0.15, 0.2) is 0 Å². The average Bonchev–Trinajstić information content (AvgIpc) is 3.02. The molecule has 7 heteroatoms. The largest absolute Gasteiger partial charge is 0.444 e. The van der Waals surface area contributed by atoms with E-state index in [-0.39, 0.29) is 18.0 Å². The highest BCUT2D eigenvalue weighted by atomic mass is 16.6. The van der Waals surface area contributed by atoms with Crippen LogP contribution in [0.25, 0.3) is 0 Å². The Morgan fingerprint density at radius 2 is 1.73 bits per heavy atom. The molecule has 30 heavy (non-hydrogen) atoms. The molecule has 2 saturated heterocycles. The van der Waals surface area contributed by atoms with Crippen LogP contribution < -0.4 is 10.6 Å². The van der Waals surface area contributed by atoms with Crippen LogP contribution in [0.4, 0.5) is 16.2 Å². The summed E-state index contributed by atoms with van der Waals surface area (Å²) in [5, 5.41) is 0. The smallest absolute Gasteiger partial charge is 0.410 e. The standard InChI is InChI=1S/C23H34N4O3/c1-23(2,3)30-22(29)26-11-7-17(8-12-26)27-15-16-13-19(24)20(14-18(16)21(27)28)25-9-5-4-6-10-25/h13-14,17H,4-12,15,24H2,1-3H3. The number of piperidine rings is 2. The fourth-order valence-electron chi connectivity index (χ4n) is 4.78. The second-order valence-electron chi connectivity index (χ2n) is 9.75. The van der Waals surface area contributed by atoms with E-state index in [1.165, 1.54) is 19.3 Å². The molecule has 4 rings (SSSR count). The number of benzene rings is 1. The highest BCUT2D eigenvalue weighted by Gasteiger charge is 2.37. The van der Waals surface area contributed by atoms with E-state index in [2.05, 4.69) is 4.90 Å². The number of rotatable bonds is 2. The van der Waals surface area contributed by atoms with E-state index in [0.29, 0.717) is 19.6 Å². The number of fused-ring (bicyclic) bond motifs is 1. The number of hydrogen-bond acceptors (Lipinski definition) is 5. The second-order valence-corrected chi connectivity index (χ2v) is 9.75. The summed E-state index contributed by atoms with van der Waals surface area (Å²) >= 11 is 0. The van der Waals surface area contributed by atoms with E-state index >= 15 is 0 Å². The van der Waals surface area contributed by atoms with Crippen molar-refractivity contribution in [3.8, 4) is 0 Å². The minimum atomic E-state index is -0.494. The number of carbonyl (C=O) groups excluding carboxylic acids is 2. The summed E-state index contributed by atoms with van der Waals surface area (Å²) in [5.41, 5.74) is 9.46. The SMILES string of the molecule is CC(C)(C)OC(=O)N1CCC(N2Cc3cc(N)c(N4CCCCC4)cc3C2=O)CC1. The Morgan fingerprint density at radius 1 is 1.07 bits per heavy atom. The number of carbonyl (C=O) groups is 2. The molecule has 3 heterocycles. The first-order chi connectivity index (χ1) is 14.2. The van der Waals surface area contributed by atoms with Crippen LogP contribution in [-0.4, -0.2) is 59.6 Å². The maximum Gasteiger partial charge on any atom is 0.410 e. The maximum absolute atomic E-state index is 13.2. The fourth-order valence-corrected chi connectivity index (χ4v) is 4.78. The minimum Gasteiger partial charge on any atom is -0.444 e. The third-order valence-electron chi connectivity index (χ3n) is 6.34. The first-order valence-corrected chi connectivity index (χ1v) is 11.2. The van der Waals surface area contributed by atoms with Crippen LogP contribution in [0, 0.1) is 0 Å². The quantitative estimate of drug-likeness (QED) is 0.748. The molecule has 3 aliphatic rings. The lowest BCUT2D eigenvalue weighted by Gasteiger charge is -2.37. The molecule has 0 radical (unpaired) electrons. The van der Waals surface area contributed by atoms with Crippen molar-refractivity contribution >= 4 is 23.4 Å². The van der Waals surface area contributed by atoms with Gasteiger partial charge in [0.05, 0.1) is 11.4 Å². The summed E-state index contributed by atoms with van der Waals surface area (Å²) in [6.07, 6.45) is 4.88. The molecule has 1 aromatic carbocycles. The van der Waals surface area contributed by atoms with E-state index in [1.807, 2.05) is 37.8 Å². The number of nitrogen functional groups attached to an aromatic ring is 1. The zero-order valence-electron chi connectivity index (χ0n) is 18.4. The molecule has 0 bridgehead atoms. The van der Waals surface area contributed by atoms with E-state index in [9.17, 15) is 9.59 Å². The molecule has 0 unspecified atom stereocenters. The van der Waals surface area contributed by atoms with Crippen LogP contribution in [0.15, 0.2) is 12.1 Å². The monoisotopic (exact) mass is 414 g/mol. The van der Waals surface area contributed by atoms with Crippen molar-refractivity contribution in [1.29, 1.82) is 0 Å². The number of nitrogens with zero attached hydrogens (tertiary/aromatic N) is 3. The Bertz CT molecular complexity index is 818. The average molecular weight is 415 g/mol. The van der Waals surface area contributed by atoms with E-state index in [1.54, 1.807) is 4.90 Å². The predicted molar refractivity (Wildman–Crippen MR) is 118 cm³/mol. The van der Waals surface area contributed by atoms with Crippen molar-refractivity contribution in [2.75, 3.05) is 36.8 Å². The lowest BCUT2D eigenvalue weighted by atomic mass is 10.0. The number of amides is 2. The Hall–Kier alpha value is -2.44. The molecule has 2 N–H and O–H groups in total. The van der Waals surface area contributed by atoms with Gasteiger partial charge in [0.2, 0.25) is 0 Å². The Kier molecular flexibility index (Phi) is 5.55. The number of nitrogens with two attached hydrogens (primary N) is 1. The molecule has 2 fully saturated rings. The van der Waals surface area contributed by atoms with Crippen LogP contribution in [0.2, 0.25) is 0 Å². The van der Waals surface area contributed by atoms with Gasteiger partial charge in [-0.3, -0.25) is 4.79 Å². The van der Waals surface area contributed by atoms with Gasteiger partial charge >= 0.3 is 6.09 Å². The van der Waals surface area contributed by atoms with Crippen molar-refractivity contribution in [2.24, 2.45) is 0 Å². The second kappa shape index (κ2) is 8.00. The van der Waals surface area contributed by atoms with Crippen LogP contribution in [0.1, 0.15) is 68.8 Å². The van der Waals surface area contributed by atoms with Gasteiger partial charge in [0.25, 0.3) is 5.91 Å². The molecule has 1 aromatic rings. The number of hydrogen-bond donors (Lipinski definition) is 1. The number of anilines is 2. The molecule has 3 aliphatic heterocycles. The zero-order chi connectivity index (χ0) is 21.5. The molecule has 0 aliphatic carbocycles. The first-order valence-electron chi connectivity index (χ1n) is 11.2. The number of ether oxygens (including phenoxy) is 1. The lowest BCUT2D eigenvalue weighted by Crippen LogP contribution is -2.48. The maximum atomic E-state index is 13.2. The third kappa shape index (κ3) is 4.20. The van der Waals surface area contributed by atoms with Crippen LogP contribution in [-0.2, 0) is 11.3 Å². The van der Waals surface area contributed by atoms with Crippen molar-refractivity contribution in [1.82, 2.24) is 9.80 Å². The summed E-state index contributed by atoms with van der Waals surface area (Å²) in [6, 6.07) is 4.14. The predicted octanol–water partition coefficient (Wildman–Crippen LogP) is 3.61. The van der Waals surface area contributed by atoms with E-state index < -0.39 is 5.60 Å². The molecular formula is C23H34N4O3. The van der Waals surface area contributed by atoms with Crippen molar-refractivity contribution in [2.45, 2.75) is 71.1 Å². The van der Waals surface area contributed by atoms with Crippen molar-refractivity contribution in [3.05, 3.63) is 23.3 Å². The summed E-state index contributed by atoms with van der Waals surface area (Å²) in [7, 11) is 0. The lowest BCUT2D eigenvalue weighted by molar-refractivity contribution is 0.0148. The van der Waals surface area contributed by atoms with Gasteiger partial charge in [-0.25, -0.2) is 4.79 Å². The summed E-state index contributed by atoms with van der Waals surface area (Å²) in [4.78, 5) is 31.6. The van der Waals surface area contributed by atoms with Crippen molar-refractivity contribution in [3.63, 3.8) is 0 Å². The molecule has 0 saturated carbocycles. The molecule has 0 atom stereocenters. The molecule has 0 spiro atoms. The Morgan fingerprint density at radius 3 is 2.37 bits per heavy atom. The molecular weight excluding hydrogens is 380 g/mol. The zero-order valence-corrected chi connectivity index (χ0v) is 18.4. The Labute approximate surface area is 179 Å². The van der Waals surface area contributed by atoms with Gasteiger partial charge in [-0.15, -0.1) is 0 Å². The van der Waals surface area contributed by atoms with Crippen molar-refractivity contribution < 1.29 is 14.3 Å². The van der Waals surface area contributed by atoms with E-state index in [0.717, 1.165) is 48.4 Å². The molecule has 164 valence electrons. The summed E-state index contributed by atoms with van der Waals surface area (Å²) in [5.74, 6) is 0.0963. The van der Waals surface area contributed by atoms with Gasteiger partial charge < -0.3 is 25.2 Å². The van der Waals surface area contributed by atoms with E-state index in [4.69, 9.17) is 10.5 Å².